The molecule has 15 heavy (non-hydrogen) atoms. The molecule has 1 heterocycles. The first-order valence-corrected chi connectivity index (χ1v) is 5.08. The lowest BCUT2D eigenvalue weighted by Crippen LogP contribution is -1.98. The van der Waals surface area contributed by atoms with Gasteiger partial charge in [0, 0.05) is 5.75 Å². The summed E-state index contributed by atoms with van der Waals surface area (Å²) in [4.78, 5) is 10.0. The van der Waals surface area contributed by atoms with Gasteiger partial charge in [-0.15, -0.1) is 12.4 Å². The first kappa shape index (κ1) is 12.0. The van der Waals surface area contributed by atoms with Crippen molar-refractivity contribution in [3.63, 3.8) is 0 Å². The van der Waals surface area contributed by atoms with E-state index in [0.29, 0.717) is 13.2 Å². The highest BCUT2D eigenvalue weighted by Crippen LogP contribution is 2.33. The smallest absolute Gasteiger partial charge is 0.231 e. The van der Waals surface area contributed by atoms with Crippen molar-refractivity contribution in [3.8, 4) is 11.5 Å². The van der Waals surface area contributed by atoms with E-state index < -0.39 is 0 Å². The molecule has 4 nitrogen and oxygen atoms in total. The van der Waals surface area contributed by atoms with Gasteiger partial charge in [0.05, 0.1) is 0 Å². The number of halogens is 1. The lowest BCUT2D eigenvalue weighted by molar-refractivity contribution is -0.107. The van der Waals surface area contributed by atoms with E-state index in [9.17, 15) is 4.79 Å². The van der Waals surface area contributed by atoms with Crippen LogP contribution in [0.1, 0.15) is 5.56 Å². The van der Waals surface area contributed by atoms with Crippen LogP contribution in [0.25, 0.3) is 0 Å². The summed E-state index contributed by atoms with van der Waals surface area (Å²) < 4.78 is 12.9. The fourth-order valence-corrected chi connectivity index (χ4v) is 1.69. The molecule has 0 aromatic heterocycles. The molecule has 6 heteroatoms. The third-order valence-electron chi connectivity index (χ3n) is 1.81. The summed E-state index contributed by atoms with van der Waals surface area (Å²) >= 11 is 1.34. The first-order valence-electron chi connectivity index (χ1n) is 4.09. The minimum atomic E-state index is 0. The summed E-state index contributed by atoms with van der Waals surface area (Å²) in [6.07, 6.45) is 0.664. The van der Waals surface area contributed by atoms with Crippen molar-refractivity contribution in [3.05, 3.63) is 23.8 Å². The van der Waals surface area contributed by atoms with Crippen LogP contribution in [0, 0.1) is 0 Å². The van der Waals surface area contributed by atoms with Crippen LogP contribution in [0.5, 0.6) is 11.5 Å². The molecule has 1 aliphatic heterocycles. The van der Waals surface area contributed by atoms with E-state index in [0.717, 1.165) is 22.8 Å². The zero-order chi connectivity index (χ0) is 9.80. The van der Waals surface area contributed by atoms with Crippen LogP contribution < -0.4 is 14.2 Å². The lowest BCUT2D eigenvalue weighted by Gasteiger charge is -2.01. The number of amides is 1. The molecule has 1 aromatic rings. The predicted molar refractivity (Wildman–Crippen MR) is 60.3 cm³/mol. The van der Waals surface area contributed by atoms with Crippen molar-refractivity contribution in [1.29, 1.82) is 0 Å². The van der Waals surface area contributed by atoms with Gasteiger partial charge in [-0.2, -0.15) is 0 Å². The fraction of sp³-hybridized carbons (Fsp3) is 0.222. The van der Waals surface area contributed by atoms with E-state index >= 15 is 0 Å². The molecule has 82 valence electrons. The van der Waals surface area contributed by atoms with Crippen LogP contribution in [0.3, 0.4) is 0 Å². The zero-order valence-corrected chi connectivity index (χ0v) is 9.40. The van der Waals surface area contributed by atoms with Gasteiger partial charge in [0.2, 0.25) is 13.2 Å². The van der Waals surface area contributed by atoms with Crippen molar-refractivity contribution < 1.29 is 14.3 Å². The second-order valence-electron chi connectivity index (χ2n) is 2.71. The maximum Gasteiger partial charge on any atom is 0.231 e. The fourth-order valence-electron chi connectivity index (χ4n) is 1.19. The second-order valence-corrected chi connectivity index (χ2v) is 3.53. The molecule has 1 aliphatic rings. The van der Waals surface area contributed by atoms with Crippen LogP contribution in [0.15, 0.2) is 18.2 Å². The maximum atomic E-state index is 10.0. The minimum Gasteiger partial charge on any atom is -0.454 e. The Morgan fingerprint density at radius 1 is 1.40 bits per heavy atom. The van der Waals surface area contributed by atoms with Crippen LogP contribution in [0.2, 0.25) is 0 Å². The van der Waals surface area contributed by atoms with Crippen molar-refractivity contribution in [2.45, 2.75) is 5.75 Å². The van der Waals surface area contributed by atoms with Gasteiger partial charge in [0.15, 0.2) is 11.5 Å². The number of nitrogens with one attached hydrogen (secondary N) is 1. The topological polar surface area (TPSA) is 47.6 Å². The number of benzene rings is 1. The monoisotopic (exact) mass is 247 g/mol. The average molecular weight is 248 g/mol. The third-order valence-corrected chi connectivity index (χ3v) is 2.55. The molecule has 0 radical (unpaired) electrons. The molecule has 0 unspecified atom stereocenters. The number of hydrogen-bond donors (Lipinski definition) is 1. The molecule has 0 aliphatic carbocycles. The number of hydrogen-bond acceptors (Lipinski definition) is 4. The number of fused-ring (bicyclic) bond motifs is 1. The molecule has 0 spiro atoms. The summed E-state index contributed by atoms with van der Waals surface area (Å²) in [5.74, 6) is 2.27. The van der Waals surface area contributed by atoms with Crippen molar-refractivity contribution in [2.75, 3.05) is 6.79 Å². The second kappa shape index (κ2) is 5.72. The summed E-state index contributed by atoms with van der Waals surface area (Å²) in [7, 11) is 0. The molecule has 0 fully saturated rings. The Hall–Kier alpha value is -1.07. The lowest BCUT2D eigenvalue weighted by atomic mass is 10.2. The Bertz CT molecular complexity index is 348. The molecule has 0 atom stereocenters. The van der Waals surface area contributed by atoms with Crippen LogP contribution >= 0.6 is 24.4 Å². The number of carbonyl (C=O) groups excluding carboxylic acids is 1. The van der Waals surface area contributed by atoms with Gasteiger partial charge >= 0.3 is 0 Å². The van der Waals surface area contributed by atoms with Crippen LogP contribution in [-0.4, -0.2) is 13.2 Å². The summed E-state index contributed by atoms with van der Waals surface area (Å²) in [6.45, 7) is 0.290. The van der Waals surface area contributed by atoms with E-state index in [1.807, 2.05) is 18.2 Å². The van der Waals surface area contributed by atoms with Crippen LogP contribution in [-0.2, 0) is 10.5 Å². The Balaban J connectivity index is 0.00000112. The van der Waals surface area contributed by atoms with Crippen molar-refractivity contribution in [1.82, 2.24) is 4.72 Å². The Labute approximate surface area is 97.9 Å². The minimum absolute atomic E-state index is 0. The summed E-state index contributed by atoms with van der Waals surface area (Å²) in [5, 5.41) is 0. The van der Waals surface area contributed by atoms with Gasteiger partial charge in [-0.3, -0.25) is 4.79 Å². The number of rotatable bonds is 4. The molecule has 1 amide bonds. The molecule has 0 bridgehead atoms. The maximum absolute atomic E-state index is 10.0. The van der Waals surface area contributed by atoms with E-state index in [1.165, 1.54) is 11.9 Å². The largest absolute Gasteiger partial charge is 0.454 e. The highest BCUT2D eigenvalue weighted by Gasteiger charge is 2.12. The number of ether oxygens (including phenoxy) is 2. The summed E-state index contributed by atoms with van der Waals surface area (Å²) in [5.41, 5.74) is 1.09. The standard InChI is InChI=1S/C9H9NO3S.ClH/c11-5-10-14-4-7-1-2-8-9(3-7)13-6-12-8;/h1-3,5H,4,6H2,(H,10,11);1H. The van der Waals surface area contributed by atoms with Crippen molar-refractivity contribution in [2.24, 2.45) is 0 Å². The Morgan fingerprint density at radius 2 is 2.20 bits per heavy atom. The molecule has 1 aromatic carbocycles. The predicted octanol–water partition coefficient (Wildman–Crippen LogP) is 1.73. The zero-order valence-electron chi connectivity index (χ0n) is 7.76. The average Bonchev–Trinajstić information content (AvgIpc) is 2.65. The van der Waals surface area contributed by atoms with Gasteiger partial charge in [-0.1, -0.05) is 6.07 Å². The Kier molecular flexibility index (Phi) is 4.58. The van der Waals surface area contributed by atoms with E-state index in [1.54, 1.807) is 0 Å². The van der Waals surface area contributed by atoms with Crippen molar-refractivity contribution >= 4 is 30.8 Å². The normalized spacial score (nSPS) is 11.7. The van der Waals surface area contributed by atoms with Gasteiger partial charge in [-0.25, -0.2) is 0 Å². The summed E-state index contributed by atoms with van der Waals surface area (Å²) in [6, 6.07) is 5.74. The Morgan fingerprint density at radius 3 is 3.00 bits per heavy atom. The molecule has 0 saturated heterocycles. The molecular formula is C9H10ClNO3S. The third kappa shape index (κ3) is 2.94. The number of carbonyl (C=O) groups is 1. The quantitative estimate of drug-likeness (QED) is 0.500. The SMILES string of the molecule is Cl.O=CNSCc1ccc2c(c1)OCO2. The van der Waals surface area contributed by atoms with Gasteiger partial charge in [-0.05, 0) is 29.6 Å². The molecular weight excluding hydrogens is 238 g/mol. The van der Waals surface area contributed by atoms with Gasteiger partial charge in [0.1, 0.15) is 0 Å². The molecule has 1 N–H and O–H groups in total. The van der Waals surface area contributed by atoms with Gasteiger partial charge in [0.25, 0.3) is 0 Å². The highest BCUT2D eigenvalue weighted by atomic mass is 35.5. The van der Waals surface area contributed by atoms with Crippen LogP contribution in [0.4, 0.5) is 0 Å². The molecule has 0 saturated carbocycles. The molecule has 2 rings (SSSR count). The first-order chi connectivity index (χ1) is 6.90. The highest BCUT2D eigenvalue weighted by molar-refractivity contribution is 7.97. The van der Waals surface area contributed by atoms with E-state index in [-0.39, 0.29) is 12.4 Å². The van der Waals surface area contributed by atoms with E-state index in [4.69, 9.17) is 9.47 Å². The van der Waals surface area contributed by atoms with Gasteiger partial charge < -0.3 is 14.2 Å². The van der Waals surface area contributed by atoms with E-state index in [2.05, 4.69) is 4.72 Å².